The first-order chi connectivity index (χ1) is 6.27. The lowest BCUT2D eigenvalue weighted by Gasteiger charge is -2.02. The lowest BCUT2D eigenvalue weighted by atomic mass is 10.1. The molecule has 13 heavy (non-hydrogen) atoms. The first kappa shape index (κ1) is 9.58. The van der Waals surface area contributed by atoms with E-state index in [1.165, 1.54) is 7.11 Å². The summed E-state index contributed by atoms with van der Waals surface area (Å²) in [5.74, 6) is 0.245. The fourth-order valence-electron chi connectivity index (χ4n) is 1.12. The largest absolute Gasteiger partial charge is 0.508 e. The zero-order chi connectivity index (χ0) is 9.68. The molecule has 0 aliphatic heterocycles. The molecule has 0 amide bonds. The highest BCUT2D eigenvalue weighted by molar-refractivity contribution is 6.00. The molecule has 0 unspecified atom stereocenters. The molecule has 0 aromatic heterocycles. The summed E-state index contributed by atoms with van der Waals surface area (Å²) >= 11 is 0. The fraction of sp³-hybridized carbons (Fsp3) is 0.300. The van der Waals surface area contributed by atoms with Gasteiger partial charge in [-0.2, -0.15) is 0 Å². The van der Waals surface area contributed by atoms with Crippen LogP contribution in [0.3, 0.4) is 0 Å². The van der Waals surface area contributed by atoms with Crippen molar-refractivity contribution < 1.29 is 9.94 Å². The first-order valence-electron chi connectivity index (χ1n) is 4.17. The van der Waals surface area contributed by atoms with Crippen molar-refractivity contribution in [2.75, 3.05) is 7.11 Å². The lowest BCUT2D eigenvalue weighted by Crippen LogP contribution is -1.98. The molecule has 0 spiro atoms. The Bertz CT molecular complexity index is 308. The van der Waals surface area contributed by atoms with E-state index >= 15 is 0 Å². The highest BCUT2D eigenvalue weighted by Gasteiger charge is 2.01. The minimum atomic E-state index is 0.245. The molecule has 0 aliphatic rings. The van der Waals surface area contributed by atoms with Crippen LogP contribution in [0.4, 0.5) is 0 Å². The van der Waals surface area contributed by atoms with Crippen molar-refractivity contribution in [1.82, 2.24) is 0 Å². The Balaban J connectivity index is 2.98. The van der Waals surface area contributed by atoms with Crippen molar-refractivity contribution in [1.29, 1.82) is 0 Å². The Morgan fingerprint density at radius 3 is 2.85 bits per heavy atom. The highest BCUT2D eigenvalue weighted by Crippen LogP contribution is 2.13. The summed E-state index contributed by atoms with van der Waals surface area (Å²) in [4.78, 5) is 4.70. The Kier molecular flexibility index (Phi) is 3.31. The molecule has 1 aromatic carbocycles. The van der Waals surface area contributed by atoms with Crippen LogP contribution in [-0.2, 0) is 4.84 Å². The maximum absolute atomic E-state index is 9.23. The second kappa shape index (κ2) is 4.50. The van der Waals surface area contributed by atoms with Crippen LogP contribution in [0.1, 0.15) is 18.9 Å². The summed E-state index contributed by atoms with van der Waals surface area (Å²) in [5.41, 5.74) is 1.72. The van der Waals surface area contributed by atoms with Crippen LogP contribution in [0.5, 0.6) is 5.75 Å². The SMILES string of the molecule is CC/C(=N\OC)c1cccc(O)c1. The molecular formula is C10H13NO2. The first-order valence-corrected chi connectivity index (χ1v) is 4.17. The molecule has 3 nitrogen and oxygen atoms in total. The molecule has 0 saturated carbocycles. The minimum absolute atomic E-state index is 0.245. The second-order valence-corrected chi connectivity index (χ2v) is 2.62. The number of phenolic OH excluding ortho intramolecular Hbond substituents is 1. The van der Waals surface area contributed by atoms with E-state index in [-0.39, 0.29) is 5.75 Å². The van der Waals surface area contributed by atoms with Gasteiger partial charge in [-0.05, 0) is 18.6 Å². The van der Waals surface area contributed by atoms with E-state index in [0.717, 1.165) is 17.7 Å². The molecular weight excluding hydrogens is 166 g/mol. The van der Waals surface area contributed by atoms with Gasteiger partial charge in [-0.1, -0.05) is 24.2 Å². The van der Waals surface area contributed by atoms with Crippen LogP contribution >= 0.6 is 0 Å². The second-order valence-electron chi connectivity index (χ2n) is 2.62. The predicted octanol–water partition coefficient (Wildman–Crippen LogP) is 2.15. The average Bonchev–Trinajstić information content (AvgIpc) is 2.14. The summed E-state index contributed by atoms with van der Waals surface area (Å²) in [5, 5.41) is 13.1. The van der Waals surface area contributed by atoms with E-state index in [4.69, 9.17) is 4.84 Å². The summed E-state index contributed by atoms with van der Waals surface area (Å²) in [6.45, 7) is 1.99. The highest BCUT2D eigenvalue weighted by atomic mass is 16.6. The summed E-state index contributed by atoms with van der Waals surface area (Å²) in [7, 11) is 1.51. The van der Waals surface area contributed by atoms with Crippen LogP contribution in [0, 0.1) is 0 Å². The molecule has 0 heterocycles. The van der Waals surface area contributed by atoms with Crippen LogP contribution in [0.15, 0.2) is 29.4 Å². The van der Waals surface area contributed by atoms with Gasteiger partial charge in [0, 0.05) is 5.56 Å². The number of hydrogen-bond donors (Lipinski definition) is 1. The number of rotatable bonds is 3. The van der Waals surface area contributed by atoms with Gasteiger partial charge in [-0.25, -0.2) is 0 Å². The van der Waals surface area contributed by atoms with Gasteiger partial charge in [0.2, 0.25) is 0 Å². The summed E-state index contributed by atoms with van der Waals surface area (Å²) < 4.78 is 0. The van der Waals surface area contributed by atoms with E-state index in [9.17, 15) is 5.11 Å². The number of oxime groups is 1. The van der Waals surface area contributed by atoms with Crippen LogP contribution in [0.2, 0.25) is 0 Å². The van der Waals surface area contributed by atoms with E-state index in [0.29, 0.717) is 0 Å². The normalized spacial score (nSPS) is 11.4. The number of nitrogens with zero attached hydrogens (tertiary/aromatic N) is 1. The van der Waals surface area contributed by atoms with Crippen molar-refractivity contribution in [3.8, 4) is 5.75 Å². The maximum Gasteiger partial charge on any atom is 0.116 e. The van der Waals surface area contributed by atoms with Gasteiger partial charge in [0.15, 0.2) is 0 Å². The Morgan fingerprint density at radius 2 is 2.31 bits per heavy atom. The molecule has 0 saturated heterocycles. The van der Waals surface area contributed by atoms with E-state index in [1.54, 1.807) is 18.2 Å². The van der Waals surface area contributed by atoms with Crippen molar-refractivity contribution >= 4 is 5.71 Å². The third kappa shape index (κ3) is 2.47. The van der Waals surface area contributed by atoms with Crippen molar-refractivity contribution in [2.45, 2.75) is 13.3 Å². The van der Waals surface area contributed by atoms with Gasteiger partial charge >= 0.3 is 0 Å². The quantitative estimate of drug-likeness (QED) is 0.570. The standard InChI is InChI=1S/C10H13NO2/c1-3-10(11-13-2)8-5-4-6-9(12)7-8/h4-7,12H,3H2,1-2H3/b11-10+. The molecule has 3 heteroatoms. The molecule has 70 valence electrons. The van der Waals surface area contributed by atoms with Gasteiger partial charge < -0.3 is 9.94 Å². The molecule has 1 aromatic rings. The third-order valence-corrected chi connectivity index (χ3v) is 1.72. The van der Waals surface area contributed by atoms with Gasteiger partial charge in [-0.15, -0.1) is 0 Å². The topological polar surface area (TPSA) is 41.8 Å². The van der Waals surface area contributed by atoms with Crippen LogP contribution in [0.25, 0.3) is 0 Å². The molecule has 0 radical (unpaired) electrons. The Labute approximate surface area is 77.6 Å². The maximum atomic E-state index is 9.23. The molecule has 1 N–H and O–H groups in total. The summed E-state index contributed by atoms with van der Waals surface area (Å²) in [6, 6.07) is 6.97. The number of benzene rings is 1. The zero-order valence-corrected chi connectivity index (χ0v) is 7.82. The smallest absolute Gasteiger partial charge is 0.116 e. The average molecular weight is 179 g/mol. The molecule has 0 atom stereocenters. The van der Waals surface area contributed by atoms with Gasteiger partial charge in [-0.3, -0.25) is 0 Å². The van der Waals surface area contributed by atoms with Crippen LogP contribution in [-0.4, -0.2) is 17.9 Å². The monoisotopic (exact) mass is 179 g/mol. The third-order valence-electron chi connectivity index (χ3n) is 1.72. The van der Waals surface area contributed by atoms with Crippen molar-refractivity contribution in [3.63, 3.8) is 0 Å². The molecule has 0 bridgehead atoms. The van der Waals surface area contributed by atoms with Gasteiger partial charge in [0.25, 0.3) is 0 Å². The predicted molar refractivity (Wildman–Crippen MR) is 51.9 cm³/mol. The minimum Gasteiger partial charge on any atom is -0.508 e. The molecule has 0 aliphatic carbocycles. The van der Waals surface area contributed by atoms with Crippen LogP contribution < -0.4 is 0 Å². The molecule has 0 fully saturated rings. The van der Waals surface area contributed by atoms with E-state index in [1.807, 2.05) is 13.0 Å². The van der Waals surface area contributed by atoms with Gasteiger partial charge in [0.1, 0.15) is 12.9 Å². The number of phenols is 1. The fourth-order valence-corrected chi connectivity index (χ4v) is 1.12. The zero-order valence-electron chi connectivity index (χ0n) is 7.82. The van der Waals surface area contributed by atoms with Crippen molar-refractivity contribution in [2.24, 2.45) is 5.16 Å². The van der Waals surface area contributed by atoms with E-state index < -0.39 is 0 Å². The number of hydrogen-bond acceptors (Lipinski definition) is 3. The Morgan fingerprint density at radius 1 is 1.54 bits per heavy atom. The van der Waals surface area contributed by atoms with Gasteiger partial charge in [0.05, 0.1) is 5.71 Å². The van der Waals surface area contributed by atoms with E-state index in [2.05, 4.69) is 5.16 Å². The lowest BCUT2D eigenvalue weighted by molar-refractivity contribution is 0.213. The molecule has 1 rings (SSSR count). The van der Waals surface area contributed by atoms with Crippen molar-refractivity contribution in [3.05, 3.63) is 29.8 Å². The summed E-state index contributed by atoms with van der Waals surface area (Å²) in [6.07, 6.45) is 0.775. The number of aromatic hydroxyl groups is 1. The Hall–Kier alpha value is -1.51.